The Bertz CT molecular complexity index is 353. The van der Waals surface area contributed by atoms with E-state index in [-0.39, 0.29) is 0 Å². The Morgan fingerprint density at radius 3 is 2.75 bits per heavy atom. The predicted octanol–water partition coefficient (Wildman–Crippen LogP) is 3.06. The van der Waals surface area contributed by atoms with Gasteiger partial charge in [-0.25, -0.2) is 8.78 Å². The van der Waals surface area contributed by atoms with Crippen molar-refractivity contribution in [2.24, 2.45) is 5.92 Å². The van der Waals surface area contributed by atoms with E-state index in [1.807, 2.05) is 0 Å². The second-order valence-corrected chi connectivity index (χ2v) is 5.24. The highest BCUT2D eigenvalue weighted by molar-refractivity contribution is 7.99. The summed E-state index contributed by atoms with van der Waals surface area (Å²) in [4.78, 5) is 0.784. The topological polar surface area (TPSA) is 12.0 Å². The van der Waals surface area contributed by atoms with Crippen LogP contribution in [0.2, 0.25) is 0 Å². The molecule has 1 aliphatic rings. The van der Waals surface area contributed by atoms with Crippen molar-refractivity contribution in [3.63, 3.8) is 0 Å². The highest BCUT2D eigenvalue weighted by atomic mass is 32.2. The summed E-state index contributed by atoms with van der Waals surface area (Å²) in [5, 5.41) is 3.35. The SMILES string of the molecule is Fc1ccc(SCCNCC2CC2)cc1F. The predicted molar refractivity (Wildman–Crippen MR) is 62.7 cm³/mol. The van der Waals surface area contributed by atoms with Crippen molar-refractivity contribution in [1.82, 2.24) is 5.32 Å². The van der Waals surface area contributed by atoms with Crippen molar-refractivity contribution >= 4 is 11.8 Å². The minimum Gasteiger partial charge on any atom is -0.316 e. The van der Waals surface area contributed by atoms with Gasteiger partial charge >= 0.3 is 0 Å². The van der Waals surface area contributed by atoms with Crippen LogP contribution in [-0.4, -0.2) is 18.8 Å². The van der Waals surface area contributed by atoms with E-state index in [0.717, 1.165) is 29.7 Å². The van der Waals surface area contributed by atoms with E-state index in [2.05, 4.69) is 5.32 Å². The summed E-state index contributed by atoms with van der Waals surface area (Å²) in [7, 11) is 0. The van der Waals surface area contributed by atoms with Gasteiger partial charge in [-0.05, 0) is 43.5 Å². The highest BCUT2D eigenvalue weighted by Gasteiger charge is 2.19. The minimum absolute atomic E-state index is 0.768. The molecule has 2 rings (SSSR count). The molecule has 1 saturated carbocycles. The number of rotatable bonds is 6. The van der Waals surface area contributed by atoms with Gasteiger partial charge in [0.2, 0.25) is 0 Å². The molecule has 0 amide bonds. The van der Waals surface area contributed by atoms with Gasteiger partial charge in [-0.2, -0.15) is 0 Å². The first-order chi connectivity index (χ1) is 7.75. The first-order valence-electron chi connectivity index (χ1n) is 5.54. The third-order valence-electron chi connectivity index (χ3n) is 2.57. The first kappa shape index (κ1) is 11.9. The third-order valence-corrected chi connectivity index (χ3v) is 3.56. The molecular weight excluding hydrogens is 228 g/mol. The Morgan fingerprint density at radius 1 is 1.25 bits per heavy atom. The van der Waals surface area contributed by atoms with E-state index < -0.39 is 11.6 Å². The van der Waals surface area contributed by atoms with Crippen LogP contribution in [0.15, 0.2) is 23.1 Å². The average Bonchev–Trinajstić information content (AvgIpc) is 3.07. The lowest BCUT2D eigenvalue weighted by atomic mass is 10.3. The molecule has 0 heterocycles. The van der Waals surface area contributed by atoms with Crippen LogP contribution in [-0.2, 0) is 0 Å². The largest absolute Gasteiger partial charge is 0.316 e. The fourth-order valence-corrected chi connectivity index (χ4v) is 2.27. The molecular formula is C12H15F2NS. The van der Waals surface area contributed by atoms with E-state index in [9.17, 15) is 8.78 Å². The summed E-state index contributed by atoms with van der Waals surface area (Å²) < 4.78 is 25.5. The number of benzene rings is 1. The molecule has 1 aromatic rings. The summed E-state index contributed by atoms with van der Waals surface area (Å²) in [5.41, 5.74) is 0. The molecule has 1 N–H and O–H groups in total. The second kappa shape index (κ2) is 5.64. The molecule has 0 bridgehead atoms. The molecule has 0 radical (unpaired) electrons. The molecule has 0 aromatic heterocycles. The molecule has 4 heteroatoms. The van der Waals surface area contributed by atoms with E-state index in [4.69, 9.17) is 0 Å². The molecule has 1 aromatic carbocycles. The number of hydrogen-bond acceptors (Lipinski definition) is 2. The maximum Gasteiger partial charge on any atom is 0.159 e. The Morgan fingerprint density at radius 2 is 2.06 bits per heavy atom. The van der Waals surface area contributed by atoms with Gasteiger partial charge in [0.25, 0.3) is 0 Å². The van der Waals surface area contributed by atoms with Crippen LogP contribution in [0.3, 0.4) is 0 Å². The van der Waals surface area contributed by atoms with Gasteiger partial charge in [-0.1, -0.05) is 0 Å². The third kappa shape index (κ3) is 3.76. The zero-order valence-corrected chi connectivity index (χ0v) is 9.83. The van der Waals surface area contributed by atoms with Crippen LogP contribution in [0.1, 0.15) is 12.8 Å². The van der Waals surface area contributed by atoms with Crippen molar-refractivity contribution in [2.45, 2.75) is 17.7 Å². The highest BCUT2D eigenvalue weighted by Crippen LogP contribution is 2.27. The monoisotopic (exact) mass is 243 g/mol. The minimum atomic E-state index is -0.781. The van der Waals surface area contributed by atoms with E-state index in [0.29, 0.717) is 0 Å². The van der Waals surface area contributed by atoms with E-state index in [1.165, 1.54) is 25.0 Å². The van der Waals surface area contributed by atoms with Gasteiger partial charge in [0, 0.05) is 17.2 Å². The molecule has 0 aliphatic heterocycles. The Labute approximate surface area is 98.6 Å². The molecule has 16 heavy (non-hydrogen) atoms. The fourth-order valence-electron chi connectivity index (χ4n) is 1.44. The van der Waals surface area contributed by atoms with Gasteiger partial charge < -0.3 is 5.32 Å². The van der Waals surface area contributed by atoms with Crippen molar-refractivity contribution in [3.8, 4) is 0 Å². The molecule has 1 fully saturated rings. The number of hydrogen-bond donors (Lipinski definition) is 1. The van der Waals surface area contributed by atoms with Gasteiger partial charge in [0.15, 0.2) is 11.6 Å². The summed E-state index contributed by atoms with van der Waals surface area (Å²) in [5.74, 6) is 0.220. The smallest absolute Gasteiger partial charge is 0.159 e. The maximum atomic E-state index is 12.9. The van der Waals surface area contributed by atoms with Crippen molar-refractivity contribution in [2.75, 3.05) is 18.8 Å². The van der Waals surface area contributed by atoms with Crippen LogP contribution in [0.5, 0.6) is 0 Å². The van der Waals surface area contributed by atoms with Crippen LogP contribution < -0.4 is 5.32 Å². The van der Waals surface area contributed by atoms with Crippen LogP contribution in [0.25, 0.3) is 0 Å². The summed E-state index contributed by atoms with van der Waals surface area (Å²) in [6.07, 6.45) is 2.70. The molecule has 0 spiro atoms. The quantitative estimate of drug-likeness (QED) is 0.609. The van der Waals surface area contributed by atoms with Gasteiger partial charge in [-0.3, -0.25) is 0 Å². The Kier molecular flexibility index (Phi) is 4.18. The lowest BCUT2D eigenvalue weighted by Crippen LogP contribution is -2.19. The van der Waals surface area contributed by atoms with Crippen molar-refractivity contribution < 1.29 is 8.78 Å². The number of thioether (sulfide) groups is 1. The van der Waals surface area contributed by atoms with E-state index >= 15 is 0 Å². The Balaban J connectivity index is 1.65. The lowest BCUT2D eigenvalue weighted by Gasteiger charge is -2.04. The van der Waals surface area contributed by atoms with Crippen LogP contribution >= 0.6 is 11.8 Å². The molecule has 88 valence electrons. The summed E-state index contributed by atoms with van der Waals surface area (Å²) in [6.45, 7) is 2.01. The molecule has 1 aliphatic carbocycles. The summed E-state index contributed by atoms with van der Waals surface area (Å²) >= 11 is 1.55. The standard InChI is InChI=1S/C12H15F2NS/c13-11-4-3-10(7-12(11)14)16-6-5-15-8-9-1-2-9/h3-4,7,9,15H,1-2,5-6,8H2. The maximum absolute atomic E-state index is 12.9. The number of nitrogens with one attached hydrogen (secondary N) is 1. The Hall–Kier alpha value is -0.610. The zero-order chi connectivity index (χ0) is 11.4. The average molecular weight is 243 g/mol. The fraction of sp³-hybridized carbons (Fsp3) is 0.500. The van der Waals surface area contributed by atoms with Gasteiger partial charge in [-0.15, -0.1) is 11.8 Å². The lowest BCUT2D eigenvalue weighted by molar-refractivity contribution is 0.506. The first-order valence-corrected chi connectivity index (χ1v) is 6.53. The van der Waals surface area contributed by atoms with Gasteiger partial charge in [0.1, 0.15) is 0 Å². The van der Waals surface area contributed by atoms with Crippen LogP contribution in [0, 0.1) is 17.6 Å². The molecule has 0 unspecified atom stereocenters. The summed E-state index contributed by atoms with van der Waals surface area (Å²) in [6, 6.07) is 4.04. The van der Waals surface area contributed by atoms with Gasteiger partial charge in [0.05, 0.1) is 0 Å². The molecule has 1 nitrogen and oxygen atoms in total. The normalized spacial score (nSPS) is 15.4. The van der Waals surface area contributed by atoms with Crippen molar-refractivity contribution in [1.29, 1.82) is 0 Å². The molecule has 0 saturated heterocycles. The zero-order valence-electron chi connectivity index (χ0n) is 9.01. The van der Waals surface area contributed by atoms with Crippen LogP contribution in [0.4, 0.5) is 8.78 Å². The number of halogens is 2. The van der Waals surface area contributed by atoms with E-state index in [1.54, 1.807) is 17.8 Å². The molecule has 0 atom stereocenters. The second-order valence-electron chi connectivity index (χ2n) is 4.07. The van der Waals surface area contributed by atoms with Crippen molar-refractivity contribution in [3.05, 3.63) is 29.8 Å².